The number of thioether (sulfide) groups is 1. The molecule has 1 N–H and O–H groups in total. The first kappa shape index (κ1) is 17.2. The van der Waals surface area contributed by atoms with Crippen LogP contribution in [0, 0.1) is 0 Å². The van der Waals surface area contributed by atoms with Crippen LogP contribution in [0.4, 0.5) is 0 Å². The number of nitrogens with one attached hydrogen (secondary N) is 1. The summed E-state index contributed by atoms with van der Waals surface area (Å²) in [6.07, 6.45) is 5.16. The van der Waals surface area contributed by atoms with Gasteiger partial charge < -0.3 is 5.32 Å². The van der Waals surface area contributed by atoms with Crippen molar-refractivity contribution in [2.45, 2.75) is 18.9 Å². The van der Waals surface area contributed by atoms with Crippen molar-refractivity contribution in [1.82, 2.24) is 5.32 Å². The molecular weight excluding hydrogens is 318 g/mol. The third-order valence-corrected chi connectivity index (χ3v) is 5.35. The summed E-state index contributed by atoms with van der Waals surface area (Å²) >= 11 is 1.55. The van der Waals surface area contributed by atoms with Crippen molar-refractivity contribution in [2.24, 2.45) is 10.2 Å². The standard InChI is InChI=1S/C15H21N3O2S2/c1-16-18-15(21-2)13-6-4-5-12-11(13)7-8-14(12)17-9-10-22(3,19)20/h4-6,14,17H,1,7-10H2,2-3H3/b18-15-/t14-/m0/s1. The first-order valence-electron chi connectivity index (χ1n) is 7.07. The van der Waals surface area contributed by atoms with Gasteiger partial charge in [-0.25, -0.2) is 8.42 Å². The molecule has 0 amide bonds. The van der Waals surface area contributed by atoms with Crippen molar-refractivity contribution >= 4 is 33.4 Å². The van der Waals surface area contributed by atoms with Gasteiger partial charge in [-0.1, -0.05) is 18.2 Å². The maximum Gasteiger partial charge on any atom is 0.148 e. The highest BCUT2D eigenvalue weighted by Gasteiger charge is 2.25. The summed E-state index contributed by atoms with van der Waals surface area (Å²) in [7, 11) is -2.93. The predicted molar refractivity (Wildman–Crippen MR) is 94.8 cm³/mol. The molecule has 2 rings (SSSR count). The minimum atomic E-state index is -2.93. The lowest BCUT2D eigenvalue weighted by Crippen LogP contribution is -2.25. The van der Waals surface area contributed by atoms with Crippen LogP contribution < -0.4 is 5.32 Å². The van der Waals surface area contributed by atoms with E-state index in [9.17, 15) is 8.42 Å². The Balaban J connectivity index is 2.19. The van der Waals surface area contributed by atoms with Crippen molar-refractivity contribution in [1.29, 1.82) is 0 Å². The van der Waals surface area contributed by atoms with E-state index in [-0.39, 0.29) is 11.8 Å². The second-order valence-corrected chi connectivity index (χ2v) is 8.35. The van der Waals surface area contributed by atoms with Crippen LogP contribution in [-0.4, -0.2) is 45.0 Å². The van der Waals surface area contributed by atoms with Crippen LogP contribution in [0.3, 0.4) is 0 Å². The van der Waals surface area contributed by atoms with Crippen LogP contribution in [-0.2, 0) is 16.3 Å². The second kappa shape index (κ2) is 7.39. The lowest BCUT2D eigenvalue weighted by molar-refractivity contribution is 0.542. The van der Waals surface area contributed by atoms with Gasteiger partial charge >= 0.3 is 0 Å². The molecule has 0 radical (unpaired) electrons. The molecule has 1 aromatic rings. The summed E-state index contributed by atoms with van der Waals surface area (Å²) in [6.45, 7) is 3.90. The van der Waals surface area contributed by atoms with E-state index in [1.165, 1.54) is 17.4 Å². The van der Waals surface area contributed by atoms with E-state index in [0.29, 0.717) is 6.54 Å². The fraction of sp³-hybridized carbons (Fsp3) is 0.467. The van der Waals surface area contributed by atoms with E-state index >= 15 is 0 Å². The zero-order valence-electron chi connectivity index (χ0n) is 12.9. The predicted octanol–water partition coefficient (Wildman–Crippen LogP) is 2.03. The zero-order valence-corrected chi connectivity index (χ0v) is 14.5. The first-order valence-corrected chi connectivity index (χ1v) is 10.4. The lowest BCUT2D eigenvalue weighted by Gasteiger charge is -2.14. The number of sulfone groups is 1. The number of hydrogen-bond acceptors (Lipinski definition) is 6. The Morgan fingerprint density at radius 2 is 2.27 bits per heavy atom. The largest absolute Gasteiger partial charge is 0.309 e. The van der Waals surface area contributed by atoms with E-state index < -0.39 is 9.84 Å². The molecule has 1 aliphatic rings. The highest BCUT2D eigenvalue weighted by Crippen LogP contribution is 2.34. The van der Waals surface area contributed by atoms with E-state index in [4.69, 9.17) is 0 Å². The third-order valence-electron chi connectivity index (χ3n) is 3.72. The topological polar surface area (TPSA) is 70.9 Å². The van der Waals surface area contributed by atoms with Gasteiger partial charge in [-0.3, -0.25) is 0 Å². The van der Waals surface area contributed by atoms with Crippen molar-refractivity contribution in [3.05, 3.63) is 34.9 Å². The molecule has 0 saturated carbocycles. The van der Waals surface area contributed by atoms with Crippen LogP contribution in [0.15, 0.2) is 28.4 Å². The second-order valence-electron chi connectivity index (χ2n) is 5.30. The maximum atomic E-state index is 11.2. The number of nitrogens with zero attached hydrogens (tertiary/aromatic N) is 2. The summed E-state index contributed by atoms with van der Waals surface area (Å²) in [4.78, 5) is 0. The molecule has 0 aromatic heterocycles. The molecule has 0 spiro atoms. The van der Waals surface area contributed by atoms with Gasteiger partial charge in [0.25, 0.3) is 0 Å². The van der Waals surface area contributed by atoms with Gasteiger partial charge in [-0.05, 0) is 30.2 Å². The Kier molecular flexibility index (Phi) is 5.77. The van der Waals surface area contributed by atoms with E-state index in [2.05, 4.69) is 34.4 Å². The Morgan fingerprint density at radius 3 is 2.91 bits per heavy atom. The van der Waals surface area contributed by atoms with Crippen molar-refractivity contribution in [3.63, 3.8) is 0 Å². The average Bonchev–Trinajstić information content (AvgIpc) is 2.87. The Bertz CT molecular complexity index is 684. The normalized spacial score (nSPS) is 18.3. The summed E-state index contributed by atoms with van der Waals surface area (Å²) < 4.78 is 22.5. The maximum absolute atomic E-state index is 11.2. The molecule has 0 heterocycles. The van der Waals surface area contributed by atoms with Crippen molar-refractivity contribution in [2.75, 3.05) is 24.8 Å². The summed E-state index contributed by atoms with van der Waals surface area (Å²) in [5, 5.41) is 12.0. The molecule has 7 heteroatoms. The zero-order chi connectivity index (χ0) is 16.2. The van der Waals surface area contributed by atoms with Crippen LogP contribution in [0.2, 0.25) is 0 Å². The quantitative estimate of drug-likeness (QED) is 0.489. The van der Waals surface area contributed by atoms with Crippen LogP contribution >= 0.6 is 11.8 Å². The molecule has 1 aromatic carbocycles. The molecule has 22 heavy (non-hydrogen) atoms. The minimum Gasteiger partial charge on any atom is -0.309 e. The fourth-order valence-electron chi connectivity index (χ4n) is 2.75. The van der Waals surface area contributed by atoms with Crippen LogP contribution in [0.1, 0.15) is 29.2 Å². The monoisotopic (exact) mass is 339 g/mol. The van der Waals surface area contributed by atoms with Gasteiger partial charge in [0.15, 0.2) is 0 Å². The van der Waals surface area contributed by atoms with Crippen LogP contribution in [0.5, 0.6) is 0 Å². The van der Waals surface area contributed by atoms with Gasteiger partial charge in [0, 0.05) is 31.1 Å². The van der Waals surface area contributed by atoms with Gasteiger partial charge in [0.2, 0.25) is 0 Å². The Morgan fingerprint density at radius 1 is 1.50 bits per heavy atom. The summed E-state index contributed by atoms with van der Waals surface area (Å²) in [5.74, 6) is 0.163. The molecule has 120 valence electrons. The van der Waals surface area contributed by atoms with Gasteiger partial charge in [0.1, 0.15) is 14.9 Å². The summed E-state index contributed by atoms with van der Waals surface area (Å²) in [6, 6.07) is 6.37. The Labute approximate surface area is 136 Å². The van der Waals surface area contributed by atoms with E-state index in [0.717, 1.165) is 23.4 Å². The van der Waals surface area contributed by atoms with Gasteiger partial charge in [-0.2, -0.15) is 5.10 Å². The molecule has 0 saturated heterocycles. The van der Waals surface area contributed by atoms with Crippen molar-refractivity contribution in [3.8, 4) is 0 Å². The van der Waals surface area contributed by atoms with Crippen molar-refractivity contribution < 1.29 is 8.42 Å². The number of benzene rings is 1. The molecule has 0 unspecified atom stereocenters. The smallest absolute Gasteiger partial charge is 0.148 e. The molecule has 0 fully saturated rings. The van der Waals surface area contributed by atoms with E-state index in [1.807, 2.05) is 12.3 Å². The van der Waals surface area contributed by atoms with Crippen LogP contribution in [0.25, 0.3) is 0 Å². The molecule has 5 nitrogen and oxygen atoms in total. The molecule has 1 atom stereocenters. The molecule has 0 bridgehead atoms. The number of rotatable bonds is 6. The molecule has 1 aliphatic carbocycles. The van der Waals surface area contributed by atoms with Gasteiger partial charge in [-0.15, -0.1) is 16.9 Å². The molecular formula is C15H21N3O2S2. The first-order chi connectivity index (χ1) is 10.5. The Hall–Kier alpha value is -1.18. The van der Waals surface area contributed by atoms with Gasteiger partial charge in [0.05, 0.1) is 5.75 Å². The minimum absolute atomic E-state index is 0.163. The number of fused-ring (bicyclic) bond motifs is 1. The highest BCUT2D eigenvalue weighted by atomic mass is 32.2. The molecule has 0 aliphatic heterocycles. The third kappa shape index (κ3) is 4.18. The summed E-state index contributed by atoms with van der Waals surface area (Å²) in [5.41, 5.74) is 3.61. The average molecular weight is 339 g/mol. The SMILES string of the molecule is C=N/N=C(\SC)c1cccc2c1CC[C@@H]2NCCS(C)(=O)=O. The fourth-order valence-corrected chi connectivity index (χ4v) is 3.79. The number of hydrogen-bond donors (Lipinski definition) is 1. The van der Waals surface area contributed by atoms with E-state index in [1.54, 1.807) is 11.8 Å². The lowest BCUT2D eigenvalue weighted by atomic mass is 10.0. The highest BCUT2D eigenvalue weighted by molar-refractivity contribution is 8.13.